The topological polar surface area (TPSA) is 99.3 Å². The van der Waals surface area contributed by atoms with Gasteiger partial charge in [-0.25, -0.2) is 0 Å². The van der Waals surface area contributed by atoms with Gasteiger partial charge in [-0.3, -0.25) is 4.79 Å². The number of aliphatic hydroxyl groups excluding tert-OH is 1. The first-order valence-electron chi connectivity index (χ1n) is 9.66. The molecule has 0 unspecified atom stereocenters. The second kappa shape index (κ2) is 6.82. The predicted molar refractivity (Wildman–Crippen MR) is 116 cm³/mol. The van der Waals surface area contributed by atoms with E-state index in [1.165, 1.54) is 6.07 Å². The van der Waals surface area contributed by atoms with Gasteiger partial charge in [0.25, 0.3) is 0 Å². The molecule has 0 saturated heterocycles. The normalized spacial score (nSPS) is 14.9. The van der Waals surface area contributed by atoms with Crippen LogP contribution in [0.15, 0.2) is 51.6 Å². The number of aryl methyl sites for hydroxylation is 1. The maximum absolute atomic E-state index is 12.9. The van der Waals surface area contributed by atoms with Gasteiger partial charge in [0.1, 0.15) is 4.60 Å². The molecule has 2 aromatic heterocycles. The highest BCUT2D eigenvalue weighted by Crippen LogP contribution is 2.48. The molecular formula is C23H19BrN2O4. The van der Waals surface area contributed by atoms with Crippen molar-refractivity contribution in [2.45, 2.75) is 25.2 Å². The fraction of sp³-hybridized carbons (Fsp3) is 0.217. The molecule has 5 rings (SSSR count). The lowest BCUT2D eigenvalue weighted by molar-refractivity contribution is 0.0999. The third kappa shape index (κ3) is 2.97. The Kier molecular flexibility index (Phi) is 4.34. The molecule has 0 atom stereocenters. The number of halogens is 1. The average Bonchev–Trinajstić information content (AvgIpc) is 3.32. The third-order valence-electron chi connectivity index (χ3n) is 6.02. The van der Waals surface area contributed by atoms with Crippen LogP contribution >= 0.6 is 15.9 Å². The molecule has 1 saturated carbocycles. The summed E-state index contributed by atoms with van der Waals surface area (Å²) in [6, 6.07) is 13.5. The molecule has 0 aliphatic heterocycles. The van der Waals surface area contributed by atoms with Crippen LogP contribution in [0.4, 0.5) is 0 Å². The van der Waals surface area contributed by atoms with Gasteiger partial charge < -0.3 is 19.7 Å². The number of hydrogen-bond donors (Lipinski definition) is 3. The molecule has 0 spiro atoms. The molecule has 30 heavy (non-hydrogen) atoms. The van der Waals surface area contributed by atoms with E-state index in [4.69, 9.17) is 4.52 Å². The molecule has 1 fully saturated rings. The highest BCUT2D eigenvalue weighted by molar-refractivity contribution is 9.10. The zero-order valence-electron chi connectivity index (χ0n) is 16.2. The predicted octanol–water partition coefficient (Wildman–Crippen LogP) is 4.85. The number of benzene rings is 2. The quantitative estimate of drug-likeness (QED) is 0.365. The molecule has 0 bridgehead atoms. The van der Waals surface area contributed by atoms with E-state index in [1.807, 2.05) is 31.2 Å². The van der Waals surface area contributed by atoms with Crippen LogP contribution in [0.5, 0.6) is 5.88 Å². The Morgan fingerprint density at radius 3 is 2.57 bits per heavy atom. The Morgan fingerprint density at radius 2 is 1.97 bits per heavy atom. The van der Waals surface area contributed by atoms with E-state index >= 15 is 0 Å². The summed E-state index contributed by atoms with van der Waals surface area (Å²) in [5.74, 6) is -0.600. The van der Waals surface area contributed by atoms with Crippen LogP contribution in [0.25, 0.3) is 22.0 Å². The summed E-state index contributed by atoms with van der Waals surface area (Å²) in [7, 11) is 0. The van der Waals surface area contributed by atoms with Gasteiger partial charge in [-0.1, -0.05) is 29.4 Å². The molecule has 7 heteroatoms. The summed E-state index contributed by atoms with van der Waals surface area (Å²) < 4.78 is 5.48. The number of H-pyrrole nitrogens is 1. The number of hydrogen-bond acceptors (Lipinski definition) is 5. The molecule has 2 heterocycles. The summed E-state index contributed by atoms with van der Waals surface area (Å²) in [6.45, 7) is 2.16. The van der Waals surface area contributed by atoms with E-state index in [1.54, 1.807) is 0 Å². The zero-order chi connectivity index (χ0) is 21.0. The van der Waals surface area contributed by atoms with Crippen molar-refractivity contribution in [1.82, 2.24) is 10.1 Å². The van der Waals surface area contributed by atoms with Crippen LogP contribution in [0.1, 0.15) is 40.1 Å². The van der Waals surface area contributed by atoms with E-state index in [0.29, 0.717) is 15.5 Å². The monoisotopic (exact) mass is 466 g/mol. The third-order valence-corrected chi connectivity index (χ3v) is 6.39. The standard InChI is InChI=1S/C23H19BrN2O4/c1-12-8-17-16(20(22(29)25-17)21(28)18-10-19(24)26-30-18)9-15(12)13-2-4-14(5-3-13)23(11-27)6-7-23/h2-5,8-10,25,27,29H,6-7,11H2,1H3. The number of nitrogens with zero attached hydrogens (tertiary/aromatic N) is 1. The lowest BCUT2D eigenvalue weighted by Gasteiger charge is -2.13. The fourth-order valence-corrected chi connectivity index (χ4v) is 4.33. The SMILES string of the molecule is Cc1cc2[nH]c(O)c(C(=O)c3cc(Br)no3)c2cc1-c1ccc(C2(CO)CC2)cc1. The van der Waals surface area contributed by atoms with E-state index < -0.39 is 5.78 Å². The zero-order valence-corrected chi connectivity index (χ0v) is 17.8. The molecule has 0 radical (unpaired) electrons. The number of fused-ring (bicyclic) bond motifs is 1. The number of aromatic nitrogens is 2. The first-order chi connectivity index (χ1) is 14.4. The second-order valence-corrected chi connectivity index (χ2v) is 8.73. The summed E-state index contributed by atoms with van der Waals surface area (Å²) in [5, 5.41) is 24.4. The Morgan fingerprint density at radius 1 is 1.23 bits per heavy atom. The van der Waals surface area contributed by atoms with Gasteiger partial charge in [-0.15, -0.1) is 0 Å². The van der Waals surface area contributed by atoms with Gasteiger partial charge in [-0.05, 0) is 70.1 Å². The Balaban J connectivity index is 1.60. The molecule has 4 aromatic rings. The molecular weight excluding hydrogens is 448 g/mol. The molecule has 3 N–H and O–H groups in total. The minimum atomic E-state index is -0.444. The van der Waals surface area contributed by atoms with Crippen molar-refractivity contribution in [2.75, 3.05) is 6.61 Å². The van der Waals surface area contributed by atoms with Crippen LogP contribution in [0, 0.1) is 6.92 Å². The molecule has 0 amide bonds. The number of ketones is 1. The van der Waals surface area contributed by atoms with Crippen molar-refractivity contribution in [3.8, 4) is 17.0 Å². The van der Waals surface area contributed by atoms with Gasteiger partial charge >= 0.3 is 0 Å². The van der Waals surface area contributed by atoms with Crippen molar-refractivity contribution in [3.05, 3.63) is 69.5 Å². The largest absolute Gasteiger partial charge is 0.494 e. The van der Waals surface area contributed by atoms with Crippen LogP contribution < -0.4 is 0 Å². The highest BCUT2D eigenvalue weighted by Gasteiger charge is 2.43. The smallest absolute Gasteiger partial charge is 0.237 e. The highest BCUT2D eigenvalue weighted by atomic mass is 79.9. The molecule has 1 aliphatic rings. The lowest BCUT2D eigenvalue weighted by Crippen LogP contribution is -2.11. The maximum Gasteiger partial charge on any atom is 0.237 e. The summed E-state index contributed by atoms with van der Waals surface area (Å²) in [4.78, 5) is 15.8. The van der Waals surface area contributed by atoms with Crippen molar-refractivity contribution in [1.29, 1.82) is 0 Å². The molecule has 152 valence electrons. The first kappa shape index (κ1) is 19.1. The summed E-state index contributed by atoms with van der Waals surface area (Å²) >= 11 is 3.17. The molecule has 6 nitrogen and oxygen atoms in total. The van der Waals surface area contributed by atoms with Crippen molar-refractivity contribution >= 4 is 32.6 Å². The Hall–Kier alpha value is -2.90. The maximum atomic E-state index is 12.9. The van der Waals surface area contributed by atoms with Crippen molar-refractivity contribution < 1.29 is 19.5 Å². The second-order valence-electron chi connectivity index (χ2n) is 7.92. The average molecular weight is 467 g/mol. The number of aromatic amines is 1. The summed E-state index contributed by atoms with van der Waals surface area (Å²) in [6.07, 6.45) is 2.03. The fourth-order valence-electron chi connectivity index (χ4n) is 4.05. The first-order valence-corrected chi connectivity index (χ1v) is 10.5. The number of rotatable bonds is 5. The molecule has 1 aliphatic carbocycles. The van der Waals surface area contributed by atoms with E-state index in [-0.39, 0.29) is 29.2 Å². The van der Waals surface area contributed by atoms with Crippen LogP contribution in [-0.2, 0) is 5.41 Å². The van der Waals surface area contributed by atoms with E-state index in [2.05, 4.69) is 38.2 Å². The van der Waals surface area contributed by atoms with Crippen LogP contribution in [-0.4, -0.2) is 32.7 Å². The van der Waals surface area contributed by atoms with Gasteiger partial charge in [0.15, 0.2) is 0 Å². The van der Waals surface area contributed by atoms with Crippen LogP contribution in [0.3, 0.4) is 0 Å². The van der Waals surface area contributed by atoms with Crippen molar-refractivity contribution in [3.63, 3.8) is 0 Å². The van der Waals surface area contributed by atoms with Gasteiger partial charge in [0.2, 0.25) is 17.4 Å². The van der Waals surface area contributed by atoms with Gasteiger partial charge in [0, 0.05) is 22.4 Å². The van der Waals surface area contributed by atoms with Gasteiger partial charge in [-0.2, -0.15) is 0 Å². The lowest BCUT2D eigenvalue weighted by atomic mass is 9.92. The summed E-state index contributed by atoms with van der Waals surface area (Å²) in [5.41, 5.74) is 4.89. The van der Waals surface area contributed by atoms with Crippen molar-refractivity contribution in [2.24, 2.45) is 0 Å². The number of carbonyl (C=O) groups is 1. The number of aromatic hydroxyl groups is 1. The number of carbonyl (C=O) groups excluding carboxylic acids is 1. The molecule has 2 aromatic carbocycles. The minimum Gasteiger partial charge on any atom is -0.494 e. The Labute approximate surface area is 180 Å². The van der Waals surface area contributed by atoms with Crippen LogP contribution in [0.2, 0.25) is 0 Å². The van der Waals surface area contributed by atoms with Gasteiger partial charge in [0.05, 0.1) is 12.2 Å². The Bertz CT molecular complexity index is 1280. The van der Waals surface area contributed by atoms with E-state index in [9.17, 15) is 15.0 Å². The minimum absolute atomic E-state index is 0.0447. The number of aliphatic hydroxyl groups is 1. The van der Waals surface area contributed by atoms with E-state index in [0.717, 1.165) is 35.1 Å². The number of nitrogens with one attached hydrogen (secondary N) is 1.